The van der Waals surface area contributed by atoms with Gasteiger partial charge in [-0.05, 0) is 79.3 Å². The summed E-state index contributed by atoms with van der Waals surface area (Å²) in [6, 6.07) is 26.3. The van der Waals surface area contributed by atoms with Crippen LogP contribution in [0.1, 0.15) is 29.0 Å². The van der Waals surface area contributed by atoms with E-state index in [1.165, 1.54) is 5.56 Å². The van der Waals surface area contributed by atoms with Gasteiger partial charge in [0.15, 0.2) is 5.11 Å². The van der Waals surface area contributed by atoms with Gasteiger partial charge >= 0.3 is 0 Å². The fourth-order valence-electron chi connectivity index (χ4n) is 4.21. The molecule has 0 aliphatic carbocycles. The summed E-state index contributed by atoms with van der Waals surface area (Å²) in [6.07, 6.45) is 3.88. The van der Waals surface area contributed by atoms with Crippen LogP contribution in [0.25, 0.3) is 5.69 Å². The molecular formula is C25H21ClN4S. The summed E-state index contributed by atoms with van der Waals surface area (Å²) in [6.45, 7) is 2.09. The highest BCUT2D eigenvalue weighted by molar-refractivity contribution is 7.80. The molecule has 1 N–H and O–H groups in total. The van der Waals surface area contributed by atoms with Crippen molar-refractivity contribution in [2.75, 3.05) is 4.90 Å². The molecule has 154 valence electrons. The molecule has 1 aliphatic rings. The van der Waals surface area contributed by atoms with Crippen LogP contribution in [0.3, 0.4) is 0 Å². The number of pyridine rings is 1. The Labute approximate surface area is 192 Å². The molecule has 2 aromatic heterocycles. The van der Waals surface area contributed by atoms with Crippen molar-refractivity contribution < 1.29 is 0 Å². The first kappa shape index (κ1) is 19.8. The number of hydrogen-bond donors (Lipinski definition) is 1. The van der Waals surface area contributed by atoms with Gasteiger partial charge in [-0.2, -0.15) is 0 Å². The van der Waals surface area contributed by atoms with Crippen LogP contribution < -0.4 is 10.2 Å². The van der Waals surface area contributed by atoms with Crippen LogP contribution in [0, 0.1) is 6.92 Å². The number of thiocarbonyl (C=S) groups is 1. The molecule has 4 aromatic rings. The van der Waals surface area contributed by atoms with Crippen molar-refractivity contribution >= 4 is 34.6 Å². The summed E-state index contributed by atoms with van der Waals surface area (Å²) >= 11 is 12.1. The van der Waals surface area contributed by atoms with Gasteiger partial charge in [0.25, 0.3) is 0 Å². The maximum Gasteiger partial charge on any atom is 0.174 e. The second-order valence-electron chi connectivity index (χ2n) is 7.62. The number of aromatic nitrogens is 2. The zero-order valence-corrected chi connectivity index (χ0v) is 18.5. The monoisotopic (exact) mass is 444 g/mol. The van der Waals surface area contributed by atoms with Crippen molar-refractivity contribution in [2.24, 2.45) is 0 Å². The quantitative estimate of drug-likeness (QED) is 0.391. The number of hydrogen-bond acceptors (Lipinski definition) is 2. The minimum atomic E-state index is -0.0953. The third-order valence-electron chi connectivity index (χ3n) is 5.55. The number of nitrogens with zero attached hydrogens (tertiary/aromatic N) is 3. The number of aryl methyl sites for hydroxylation is 1. The Morgan fingerprint density at radius 3 is 2.55 bits per heavy atom. The summed E-state index contributed by atoms with van der Waals surface area (Å²) < 4.78 is 2.17. The van der Waals surface area contributed by atoms with Crippen molar-refractivity contribution in [1.82, 2.24) is 14.9 Å². The Kier molecular flexibility index (Phi) is 5.22. The Morgan fingerprint density at radius 1 is 0.935 bits per heavy atom. The summed E-state index contributed by atoms with van der Waals surface area (Å²) in [7, 11) is 0. The molecule has 1 fully saturated rings. The molecule has 0 amide bonds. The minimum absolute atomic E-state index is 0.0850. The van der Waals surface area contributed by atoms with Crippen LogP contribution in [0.4, 0.5) is 5.69 Å². The molecule has 0 saturated carbocycles. The van der Waals surface area contributed by atoms with E-state index in [4.69, 9.17) is 23.8 Å². The zero-order valence-electron chi connectivity index (χ0n) is 16.9. The van der Waals surface area contributed by atoms with Crippen molar-refractivity contribution in [2.45, 2.75) is 19.0 Å². The number of rotatable bonds is 4. The molecule has 0 radical (unpaired) electrons. The van der Waals surface area contributed by atoms with Crippen molar-refractivity contribution in [3.63, 3.8) is 0 Å². The third-order valence-corrected chi connectivity index (χ3v) is 6.10. The van der Waals surface area contributed by atoms with E-state index in [1.54, 1.807) is 0 Å². The Hall–Kier alpha value is -3.15. The van der Waals surface area contributed by atoms with E-state index < -0.39 is 0 Å². The molecule has 2 atom stereocenters. The molecule has 5 rings (SSSR count). The maximum atomic E-state index is 6.30. The van der Waals surface area contributed by atoms with Crippen molar-refractivity contribution in [3.8, 4) is 5.69 Å². The summed E-state index contributed by atoms with van der Waals surface area (Å²) in [5, 5.41) is 4.91. The topological polar surface area (TPSA) is 33.1 Å². The Balaban J connectivity index is 1.68. The Bertz CT molecular complexity index is 1240. The van der Waals surface area contributed by atoms with Gasteiger partial charge in [0.1, 0.15) is 6.04 Å². The summed E-state index contributed by atoms with van der Waals surface area (Å²) in [5.41, 5.74) is 5.30. The molecule has 0 bridgehead atoms. The average molecular weight is 445 g/mol. The summed E-state index contributed by atoms with van der Waals surface area (Å²) in [5.74, 6) is 0. The number of nitrogens with one attached hydrogen (secondary N) is 1. The highest BCUT2D eigenvalue weighted by atomic mass is 35.5. The fourth-order valence-corrected chi connectivity index (χ4v) is 4.74. The lowest BCUT2D eigenvalue weighted by molar-refractivity contribution is 0.549. The van der Waals surface area contributed by atoms with E-state index in [2.05, 4.69) is 75.4 Å². The number of halogens is 1. The highest BCUT2D eigenvalue weighted by Crippen LogP contribution is 2.42. The predicted molar refractivity (Wildman–Crippen MR) is 130 cm³/mol. The lowest BCUT2D eigenvalue weighted by Gasteiger charge is -2.29. The molecule has 2 aromatic carbocycles. The minimum Gasteiger partial charge on any atom is -0.351 e. The Morgan fingerprint density at radius 2 is 1.77 bits per heavy atom. The molecule has 3 heterocycles. The van der Waals surface area contributed by atoms with Gasteiger partial charge in [-0.3, -0.25) is 4.98 Å². The molecule has 1 aliphatic heterocycles. The molecule has 6 heteroatoms. The molecule has 4 nitrogen and oxygen atoms in total. The standard InChI is InChI=1S/C25H21ClN4S/c1-17-7-4-10-20(15-17)30-24(23(28-25(30)31)21-11-2-3-13-27-21)22-12-6-14-29(22)19-9-5-8-18(26)16-19/h2-16,23-24H,1H3,(H,28,31)/t23-,24+/m1/s1. The average Bonchev–Trinajstić information content (AvgIpc) is 3.38. The van der Waals surface area contributed by atoms with E-state index >= 15 is 0 Å². The second-order valence-corrected chi connectivity index (χ2v) is 8.44. The van der Waals surface area contributed by atoms with Gasteiger partial charge in [-0.1, -0.05) is 35.9 Å². The van der Waals surface area contributed by atoms with Crippen LogP contribution in [-0.2, 0) is 0 Å². The third kappa shape index (κ3) is 3.71. The molecule has 1 saturated heterocycles. The number of benzene rings is 2. The van der Waals surface area contributed by atoms with Crippen LogP contribution in [-0.4, -0.2) is 14.7 Å². The SMILES string of the molecule is Cc1cccc(N2C(=S)N[C@H](c3ccccn3)[C@@H]2c2cccn2-c2cccc(Cl)c2)c1. The summed E-state index contributed by atoms with van der Waals surface area (Å²) in [4.78, 5) is 6.83. The lowest BCUT2D eigenvalue weighted by Crippen LogP contribution is -2.30. The lowest BCUT2D eigenvalue weighted by atomic mass is 10.0. The smallest absolute Gasteiger partial charge is 0.174 e. The first-order valence-corrected chi connectivity index (χ1v) is 10.9. The van der Waals surface area contributed by atoms with E-state index in [-0.39, 0.29) is 12.1 Å². The normalized spacial score (nSPS) is 18.3. The van der Waals surface area contributed by atoms with E-state index in [9.17, 15) is 0 Å². The first-order valence-electron chi connectivity index (χ1n) is 10.1. The fraction of sp³-hybridized carbons (Fsp3) is 0.120. The van der Waals surface area contributed by atoms with Gasteiger partial charge in [-0.15, -0.1) is 0 Å². The molecule has 0 spiro atoms. The zero-order chi connectivity index (χ0) is 21.4. The van der Waals surface area contributed by atoms with Crippen LogP contribution in [0.15, 0.2) is 91.3 Å². The van der Waals surface area contributed by atoms with E-state index in [1.807, 2.05) is 42.6 Å². The number of anilines is 1. The van der Waals surface area contributed by atoms with Crippen LogP contribution in [0.5, 0.6) is 0 Å². The molecule has 0 unspecified atom stereocenters. The largest absolute Gasteiger partial charge is 0.351 e. The van der Waals surface area contributed by atoms with E-state index in [0.717, 1.165) is 22.8 Å². The predicted octanol–water partition coefficient (Wildman–Crippen LogP) is 6.01. The van der Waals surface area contributed by atoms with Gasteiger partial charge in [0.05, 0.1) is 11.7 Å². The van der Waals surface area contributed by atoms with Gasteiger partial charge in [0.2, 0.25) is 0 Å². The maximum absolute atomic E-state index is 6.30. The van der Waals surface area contributed by atoms with Crippen LogP contribution in [0.2, 0.25) is 5.02 Å². The van der Waals surface area contributed by atoms with E-state index in [0.29, 0.717) is 10.1 Å². The second kappa shape index (κ2) is 8.17. The highest BCUT2D eigenvalue weighted by Gasteiger charge is 2.42. The van der Waals surface area contributed by atoms with Gasteiger partial charge < -0.3 is 14.8 Å². The van der Waals surface area contributed by atoms with Gasteiger partial charge in [0, 0.05) is 34.5 Å². The van der Waals surface area contributed by atoms with Crippen molar-refractivity contribution in [3.05, 3.63) is 113 Å². The van der Waals surface area contributed by atoms with Crippen molar-refractivity contribution in [1.29, 1.82) is 0 Å². The van der Waals surface area contributed by atoms with Crippen LogP contribution >= 0.6 is 23.8 Å². The van der Waals surface area contributed by atoms with Gasteiger partial charge in [-0.25, -0.2) is 0 Å². The molecular weight excluding hydrogens is 424 g/mol. The molecule has 31 heavy (non-hydrogen) atoms. The first-order chi connectivity index (χ1) is 15.1.